The molecule has 3 aromatic rings. The fourth-order valence-corrected chi connectivity index (χ4v) is 2.03. The lowest BCUT2D eigenvalue weighted by molar-refractivity contribution is 0.282. The second-order valence-electron chi connectivity index (χ2n) is 4.89. The lowest BCUT2D eigenvalue weighted by Crippen LogP contribution is -1.99. The maximum Gasteiger partial charge on any atom is 0.155 e. The summed E-state index contributed by atoms with van der Waals surface area (Å²) in [5, 5.41) is 17.1. The summed E-state index contributed by atoms with van der Waals surface area (Å²) in [4.78, 5) is 0. The lowest BCUT2D eigenvalue weighted by Gasteiger charge is -1.98. The molecule has 4 heteroatoms. The predicted octanol–water partition coefficient (Wildman–Crippen LogP) is 2.22. The molecule has 22 heavy (non-hydrogen) atoms. The minimum absolute atomic E-state index is 0.0432. The Morgan fingerprint density at radius 1 is 0.909 bits per heavy atom. The van der Waals surface area contributed by atoms with E-state index in [0.29, 0.717) is 12.2 Å². The molecule has 0 aliphatic heterocycles. The fourth-order valence-electron chi connectivity index (χ4n) is 2.03. The molecule has 0 amide bonds. The molecule has 1 heterocycles. The van der Waals surface area contributed by atoms with Gasteiger partial charge in [0.25, 0.3) is 0 Å². The van der Waals surface area contributed by atoms with Gasteiger partial charge in [0.1, 0.15) is 0 Å². The summed E-state index contributed by atoms with van der Waals surface area (Å²) in [6.45, 7) is 0.724. The van der Waals surface area contributed by atoms with Crippen molar-refractivity contribution in [3.63, 3.8) is 0 Å². The Kier molecular flexibility index (Phi) is 4.28. The van der Waals surface area contributed by atoms with Crippen molar-refractivity contribution < 1.29 is 5.11 Å². The normalized spacial score (nSPS) is 10.0. The van der Waals surface area contributed by atoms with Gasteiger partial charge in [-0.3, -0.25) is 0 Å². The van der Waals surface area contributed by atoms with Crippen molar-refractivity contribution in [1.82, 2.24) is 15.0 Å². The molecule has 1 N–H and O–H groups in total. The van der Waals surface area contributed by atoms with Gasteiger partial charge in [0.2, 0.25) is 0 Å². The molecule has 0 atom stereocenters. The molecule has 0 aliphatic carbocycles. The molecule has 0 radical (unpaired) electrons. The molecular formula is C18H15N3O. The van der Waals surface area contributed by atoms with Crippen LogP contribution < -0.4 is 0 Å². The van der Waals surface area contributed by atoms with E-state index in [9.17, 15) is 0 Å². The zero-order chi connectivity index (χ0) is 15.2. The van der Waals surface area contributed by atoms with E-state index in [-0.39, 0.29) is 6.61 Å². The van der Waals surface area contributed by atoms with E-state index < -0.39 is 0 Å². The monoisotopic (exact) mass is 289 g/mol. The third-order valence-electron chi connectivity index (χ3n) is 3.20. The Labute approximate surface area is 129 Å². The van der Waals surface area contributed by atoms with Crippen LogP contribution in [-0.2, 0) is 13.2 Å². The molecule has 3 rings (SSSR count). The van der Waals surface area contributed by atoms with Crippen molar-refractivity contribution in [2.75, 3.05) is 0 Å². The van der Waals surface area contributed by atoms with Crippen molar-refractivity contribution in [1.29, 1.82) is 0 Å². The number of nitrogens with zero attached hydrogens (tertiary/aromatic N) is 3. The van der Waals surface area contributed by atoms with E-state index in [1.54, 1.807) is 4.68 Å². The van der Waals surface area contributed by atoms with Crippen LogP contribution >= 0.6 is 0 Å². The van der Waals surface area contributed by atoms with E-state index in [1.165, 1.54) is 5.56 Å². The van der Waals surface area contributed by atoms with Crippen molar-refractivity contribution in [2.24, 2.45) is 0 Å². The molecule has 4 nitrogen and oxygen atoms in total. The van der Waals surface area contributed by atoms with Crippen LogP contribution in [0.15, 0.2) is 60.8 Å². The summed E-state index contributed by atoms with van der Waals surface area (Å²) < 4.78 is 1.77. The number of hydrogen-bond acceptors (Lipinski definition) is 3. The van der Waals surface area contributed by atoms with Gasteiger partial charge in [0, 0.05) is 5.56 Å². The highest BCUT2D eigenvalue weighted by atomic mass is 16.3. The first kappa shape index (κ1) is 14.1. The van der Waals surface area contributed by atoms with Crippen LogP contribution in [0.4, 0.5) is 0 Å². The van der Waals surface area contributed by atoms with Gasteiger partial charge in [-0.15, -0.1) is 5.10 Å². The van der Waals surface area contributed by atoms with Crippen LogP contribution in [0.25, 0.3) is 0 Å². The summed E-state index contributed by atoms with van der Waals surface area (Å²) >= 11 is 0. The molecule has 2 aromatic carbocycles. The first-order chi connectivity index (χ1) is 10.8. The van der Waals surface area contributed by atoms with Gasteiger partial charge in [-0.05, 0) is 29.2 Å². The smallest absolute Gasteiger partial charge is 0.155 e. The highest BCUT2D eigenvalue weighted by molar-refractivity contribution is 5.40. The molecule has 1 aromatic heterocycles. The van der Waals surface area contributed by atoms with Crippen molar-refractivity contribution >= 4 is 0 Å². The predicted molar refractivity (Wildman–Crippen MR) is 83.9 cm³/mol. The fraction of sp³-hybridized carbons (Fsp3) is 0.111. The molecule has 0 bridgehead atoms. The van der Waals surface area contributed by atoms with Crippen LogP contribution in [0, 0.1) is 11.8 Å². The molecule has 0 spiro atoms. The molecule has 0 aliphatic rings. The summed E-state index contributed by atoms with van der Waals surface area (Å²) in [6, 6.07) is 17.6. The second kappa shape index (κ2) is 6.70. The maximum atomic E-state index is 9.00. The van der Waals surface area contributed by atoms with Crippen molar-refractivity contribution in [3.05, 3.63) is 83.2 Å². The lowest BCUT2D eigenvalue weighted by atomic mass is 10.1. The standard InChI is InChI=1S/C18H15N3O/c22-14-17-8-6-15(7-9-17)10-11-18-13-21(20-19-18)12-16-4-2-1-3-5-16/h1-9,13,22H,12,14H2. The van der Waals surface area contributed by atoms with Crippen LogP contribution in [0.3, 0.4) is 0 Å². The first-order valence-corrected chi connectivity index (χ1v) is 6.99. The highest BCUT2D eigenvalue weighted by Gasteiger charge is 1.98. The van der Waals surface area contributed by atoms with Gasteiger partial charge >= 0.3 is 0 Å². The summed E-state index contributed by atoms with van der Waals surface area (Å²) in [5.41, 5.74) is 3.57. The van der Waals surface area contributed by atoms with Crippen LogP contribution in [0.5, 0.6) is 0 Å². The number of aliphatic hydroxyl groups is 1. The molecule has 0 unspecified atom stereocenters. The number of benzene rings is 2. The topological polar surface area (TPSA) is 50.9 Å². The van der Waals surface area contributed by atoms with Crippen LogP contribution in [-0.4, -0.2) is 20.1 Å². The van der Waals surface area contributed by atoms with Crippen molar-refractivity contribution in [2.45, 2.75) is 13.2 Å². The van der Waals surface area contributed by atoms with Crippen LogP contribution in [0.1, 0.15) is 22.4 Å². The van der Waals surface area contributed by atoms with E-state index in [4.69, 9.17) is 5.11 Å². The number of aliphatic hydroxyl groups excluding tert-OH is 1. The molecule has 108 valence electrons. The molecule has 0 saturated carbocycles. The van der Waals surface area contributed by atoms with E-state index in [1.807, 2.05) is 48.7 Å². The minimum atomic E-state index is 0.0432. The minimum Gasteiger partial charge on any atom is -0.392 e. The molecule has 0 saturated heterocycles. The van der Waals surface area contributed by atoms with Crippen molar-refractivity contribution in [3.8, 4) is 11.8 Å². The van der Waals surface area contributed by atoms with Gasteiger partial charge in [0.15, 0.2) is 5.69 Å². The van der Waals surface area contributed by atoms with E-state index in [0.717, 1.165) is 11.1 Å². The third kappa shape index (κ3) is 3.60. The third-order valence-corrected chi connectivity index (χ3v) is 3.20. The summed E-state index contributed by atoms with van der Waals surface area (Å²) in [6.07, 6.45) is 1.84. The van der Waals surface area contributed by atoms with Gasteiger partial charge in [-0.1, -0.05) is 53.6 Å². The van der Waals surface area contributed by atoms with Crippen LogP contribution in [0.2, 0.25) is 0 Å². The zero-order valence-electron chi connectivity index (χ0n) is 12.0. The van der Waals surface area contributed by atoms with E-state index >= 15 is 0 Å². The Bertz CT molecular complexity index is 796. The van der Waals surface area contributed by atoms with Gasteiger partial charge in [0.05, 0.1) is 19.3 Å². The maximum absolute atomic E-state index is 9.00. The average Bonchev–Trinajstić information content (AvgIpc) is 3.02. The van der Waals surface area contributed by atoms with Gasteiger partial charge < -0.3 is 5.11 Å². The zero-order valence-corrected chi connectivity index (χ0v) is 12.0. The number of rotatable bonds is 3. The Morgan fingerprint density at radius 3 is 2.41 bits per heavy atom. The Hall–Kier alpha value is -2.90. The first-order valence-electron chi connectivity index (χ1n) is 6.99. The Balaban J connectivity index is 1.70. The quantitative estimate of drug-likeness (QED) is 0.752. The second-order valence-corrected chi connectivity index (χ2v) is 4.89. The molecular weight excluding hydrogens is 274 g/mol. The average molecular weight is 289 g/mol. The van der Waals surface area contributed by atoms with Gasteiger partial charge in [-0.2, -0.15) is 0 Å². The SMILES string of the molecule is OCc1ccc(C#Cc2cn(Cc3ccccc3)nn2)cc1. The van der Waals surface area contributed by atoms with E-state index in [2.05, 4.69) is 34.3 Å². The Morgan fingerprint density at radius 2 is 1.68 bits per heavy atom. The molecule has 0 fully saturated rings. The number of hydrogen-bond donors (Lipinski definition) is 1. The number of aromatic nitrogens is 3. The highest BCUT2D eigenvalue weighted by Crippen LogP contribution is 2.04. The largest absolute Gasteiger partial charge is 0.392 e. The summed E-state index contributed by atoms with van der Waals surface area (Å²) in [5.74, 6) is 6.04. The summed E-state index contributed by atoms with van der Waals surface area (Å²) in [7, 11) is 0. The van der Waals surface area contributed by atoms with Gasteiger partial charge in [-0.25, -0.2) is 4.68 Å².